The maximum atomic E-state index is 12.9. The Hall–Kier alpha value is -2.63. The molecule has 25 heavy (non-hydrogen) atoms. The van der Waals surface area contributed by atoms with Gasteiger partial charge in [-0.25, -0.2) is 9.78 Å². The van der Waals surface area contributed by atoms with Crippen LogP contribution in [0.15, 0.2) is 35.3 Å². The average molecular weight is 339 g/mol. The van der Waals surface area contributed by atoms with Crippen LogP contribution in [0, 0.1) is 0 Å². The van der Waals surface area contributed by atoms with Gasteiger partial charge < -0.3 is 10.1 Å². The molecule has 0 bridgehead atoms. The van der Waals surface area contributed by atoms with Gasteiger partial charge in [0, 0.05) is 6.42 Å². The maximum Gasteiger partial charge on any atom is 0.329 e. The van der Waals surface area contributed by atoms with Gasteiger partial charge in [0.15, 0.2) is 0 Å². The third-order valence-electron chi connectivity index (χ3n) is 5.04. The number of esters is 1. The van der Waals surface area contributed by atoms with Gasteiger partial charge in [0.1, 0.15) is 17.6 Å². The van der Waals surface area contributed by atoms with E-state index in [1.165, 1.54) is 15.7 Å². The molecule has 0 radical (unpaired) electrons. The first kappa shape index (κ1) is 15.9. The highest BCUT2D eigenvalue weighted by Gasteiger charge is 2.32. The minimum absolute atomic E-state index is 0.104. The molecule has 0 fully saturated rings. The van der Waals surface area contributed by atoms with Gasteiger partial charge in [-0.2, -0.15) is 0 Å². The normalized spacial score (nSPS) is 20.8. The van der Waals surface area contributed by atoms with Crippen LogP contribution in [-0.2, 0) is 22.4 Å². The number of carbonyl (C=O) groups excluding carboxylic acids is 1. The van der Waals surface area contributed by atoms with Gasteiger partial charge in [0.05, 0.1) is 18.8 Å². The van der Waals surface area contributed by atoms with Gasteiger partial charge in [0.25, 0.3) is 5.56 Å². The Morgan fingerprint density at radius 3 is 3.00 bits per heavy atom. The number of nitrogens with one attached hydrogen (secondary N) is 1. The van der Waals surface area contributed by atoms with E-state index in [2.05, 4.69) is 22.4 Å². The largest absolute Gasteiger partial charge is 0.464 e. The molecule has 1 aromatic carbocycles. The van der Waals surface area contributed by atoms with Crippen LogP contribution < -0.4 is 10.9 Å². The molecule has 1 aliphatic heterocycles. The molecule has 4 rings (SSSR count). The summed E-state index contributed by atoms with van der Waals surface area (Å²) in [5.41, 5.74) is 2.81. The highest BCUT2D eigenvalue weighted by atomic mass is 16.5. The summed E-state index contributed by atoms with van der Waals surface area (Å²) in [7, 11) is 0. The maximum absolute atomic E-state index is 12.9. The number of hydrogen-bond donors (Lipinski definition) is 1. The number of ether oxygens (including phenoxy) is 1. The topological polar surface area (TPSA) is 73.2 Å². The molecule has 0 spiro atoms. The van der Waals surface area contributed by atoms with Crippen molar-refractivity contribution in [3.8, 4) is 0 Å². The molecule has 2 heterocycles. The fraction of sp³-hybridized carbons (Fsp3) is 0.421. The number of fused-ring (bicyclic) bond motifs is 2. The highest BCUT2D eigenvalue weighted by molar-refractivity contribution is 5.75. The summed E-state index contributed by atoms with van der Waals surface area (Å²) in [6, 6.07) is 7.82. The molecule has 6 heteroatoms. The van der Waals surface area contributed by atoms with Crippen molar-refractivity contribution in [2.45, 2.75) is 44.7 Å². The summed E-state index contributed by atoms with van der Waals surface area (Å²) in [6.45, 7) is 2.08. The van der Waals surface area contributed by atoms with Gasteiger partial charge in [-0.1, -0.05) is 24.3 Å². The summed E-state index contributed by atoms with van der Waals surface area (Å²) in [4.78, 5) is 29.5. The molecule has 1 aromatic heterocycles. The SMILES string of the molecule is CCOC(=O)[C@@H]1CCc2ncc(N[C@H]3CCc4ccccc43)c(=O)n21. The minimum Gasteiger partial charge on any atom is -0.464 e. The van der Waals surface area contributed by atoms with Crippen molar-refractivity contribution >= 4 is 11.7 Å². The first-order valence-electron chi connectivity index (χ1n) is 8.80. The van der Waals surface area contributed by atoms with Crippen molar-refractivity contribution in [1.29, 1.82) is 0 Å². The van der Waals surface area contributed by atoms with Gasteiger partial charge in [-0.15, -0.1) is 0 Å². The zero-order valence-electron chi connectivity index (χ0n) is 14.2. The number of benzene rings is 1. The van der Waals surface area contributed by atoms with Crippen molar-refractivity contribution < 1.29 is 9.53 Å². The second-order valence-electron chi connectivity index (χ2n) is 6.50. The monoisotopic (exact) mass is 339 g/mol. The van der Waals surface area contributed by atoms with Crippen LogP contribution in [-0.4, -0.2) is 22.1 Å². The molecule has 1 N–H and O–H groups in total. The average Bonchev–Trinajstić information content (AvgIpc) is 3.23. The number of anilines is 1. The number of carbonyl (C=O) groups is 1. The van der Waals surface area contributed by atoms with Crippen LogP contribution in [0.4, 0.5) is 5.69 Å². The first-order chi connectivity index (χ1) is 12.2. The van der Waals surface area contributed by atoms with E-state index < -0.39 is 6.04 Å². The van der Waals surface area contributed by atoms with Crippen LogP contribution in [0.1, 0.15) is 48.8 Å². The third kappa shape index (κ3) is 2.71. The molecule has 0 saturated heterocycles. The Bertz CT molecular complexity index is 874. The lowest BCUT2D eigenvalue weighted by molar-refractivity contribution is -0.147. The molecule has 2 atom stereocenters. The predicted molar refractivity (Wildman–Crippen MR) is 93.6 cm³/mol. The summed E-state index contributed by atoms with van der Waals surface area (Å²) >= 11 is 0. The molecule has 6 nitrogen and oxygen atoms in total. The van der Waals surface area contributed by atoms with Gasteiger partial charge in [-0.05, 0) is 37.3 Å². The van der Waals surface area contributed by atoms with E-state index in [-0.39, 0.29) is 17.6 Å². The molecule has 1 aliphatic carbocycles. The Labute approximate surface area is 145 Å². The van der Waals surface area contributed by atoms with Crippen LogP contribution >= 0.6 is 0 Å². The second-order valence-corrected chi connectivity index (χ2v) is 6.50. The Morgan fingerprint density at radius 1 is 1.32 bits per heavy atom. The minimum atomic E-state index is -0.562. The molecule has 130 valence electrons. The lowest BCUT2D eigenvalue weighted by atomic mass is 10.1. The third-order valence-corrected chi connectivity index (χ3v) is 5.04. The number of rotatable bonds is 4. The standard InChI is InChI=1S/C19H21N3O3/c1-2-25-19(24)16-9-10-17-20-11-15(18(23)22(16)17)21-14-8-7-12-5-3-4-6-13(12)14/h3-6,11,14,16,21H,2,7-10H2,1H3/t14-,16-/m0/s1. The Balaban J connectivity index is 1.64. The number of nitrogens with zero attached hydrogens (tertiary/aromatic N) is 2. The summed E-state index contributed by atoms with van der Waals surface area (Å²) in [6.07, 6.45) is 4.73. The molecule has 2 aliphatic rings. The first-order valence-corrected chi connectivity index (χ1v) is 8.80. The van der Waals surface area contributed by atoms with Gasteiger partial charge in [0.2, 0.25) is 0 Å². The molecule has 2 aromatic rings. The fourth-order valence-electron chi connectivity index (χ4n) is 3.86. The van der Waals surface area contributed by atoms with E-state index in [4.69, 9.17) is 4.74 Å². The quantitative estimate of drug-likeness (QED) is 0.866. The van der Waals surface area contributed by atoms with Crippen molar-refractivity contribution in [2.75, 3.05) is 11.9 Å². The molecule has 0 amide bonds. The van der Waals surface area contributed by atoms with E-state index in [0.717, 1.165) is 12.8 Å². The number of hydrogen-bond acceptors (Lipinski definition) is 5. The zero-order chi connectivity index (χ0) is 17.4. The lowest BCUT2D eigenvalue weighted by Crippen LogP contribution is -2.31. The van der Waals surface area contributed by atoms with Crippen molar-refractivity contribution in [3.05, 3.63) is 57.8 Å². The van der Waals surface area contributed by atoms with Gasteiger partial charge in [-0.3, -0.25) is 9.36 Å². The summed E-state index contributed by atoms with van der Waals surface area (Å²) in [5, 5.41) is 3.34. The highest BCUT2D eigenvalue weighted by Crippen LogP contribution is 2.33. The van der Waals surface area contributed by atoms with E-state index >= 15 is 0 Å². The van der Waals surface area contributed by atoms with Crippen molar-refractivity contribution in [1.82, 2.24) is 9.55 Å². The fourth-order valence-corrected chi connectivity index (χ4v) is 3.86. The van der Waals surface area contributed by atoms with Crippen LogP contribution in [0.5, 0.6) is 0 Å². The lowest BCUT2D eigenvalue weighted by Gasteiger charge is -2.17. The Kier molecular flexibility index (Phi) is 4.03. The van der Waals surface area contributed by atoms with E-state index in [9.17, 15) is 9.59 Å². The number of aromatic nitrogens is 2. The second kappa shape index (κ2) is 6.35. The smallest absolute Gasteiger partial charge is 0.329 e. The van der Waals surface area contributed by atoms with Crippen LogP contribution in [0.3, 0.4) is 0 Å². The summed E-state index contributed by atoms with van der Waals surface area (Å²) in [5.74, 6) is 0.300. The van der Waals surface area contributed by atoms with E-state index in [1.54, 1.807) is 13.1 Å². The Morgan fingerprint density at radius 2 is 2.16 bits per heavy atom. The molecular formula is C19H21N3O3. The van der Waals surface area contributed by atoms with Crippen molar-refractivity contribution in [2.24, 2.45) is 0 Å². The molecule has 0 saturated carbocycles. The molecular weight excluding hydrogens is 318 g/mol. The van der Waals surface area contributed by atoms with Crippen LogP contribution in [0.25, 0.3) is 0 Å². The van der Waals surface area contributed by atoms with E-state index in [0.29, 0.717) is 31.0 Å². The van der Waals surface area contributed by atoms with Crippen LogP contribution in [0.2, 0.25) is 0 Å². The summed E-state index contributed by atoms with van der Waals surface area (Å²) < 4.78 is 6.61. The van der Waals surface area contributed by atoms with Crippen molar-refractivity contribution in [3.63, 3.8) is 0 Å². The van der Waals surface area contributed by atoms with E-state index in [1.807, 2.05) is 12.1 Å². The number of aryl methyl sites for hydroxylation is 2. The zero-order valence-corrected chi connectivity index (χ0v) is 14.2. The van der Waals surface area contributed by atoms with Gasteiger partial charge >= 0.3 is 5.97 Å². The molecule has 0 unspecified atom stereocenters. The predicted octanol–water partition coefficient (Wildman–Crippen LogP) is 2.39.